The minimum absolute atomic E-state index is 1.06. The molecule has 2 aromatic heterocycles. The van der Waals surface area contributed by atoms with Crippen LogP contribution in [0.15, 0.2) is 66.0 Å². The molecule has 0 radical (unpaired) electrons. The van der Waals surface area contributed by atoms with Crippen molar-refractivity contribution in [1.29, 1.82) is 0 Å². The number of para-hydroxylation sites is 1. The zero-order chi connectivity index (χ0) is 14.2. The Morgan fingerprint density at radius 2 is 1.71 bits per heavy atom. The van der Waals surface area contributed by atoms with E-state index in [-0.39, 0.29) is 0 Å². The van der Waals surface area contributed by atoms with Gasteiger partial charge in [0.25, 0.3) is 0 Å². The number of aromatic nitrogens is 2. The van der Waals surface area contributed by atoms with Crippen LogP contribution >= 0.6 is 11.3 Å². The second-order valence-electron chi connectivity index (χ2n) is 5.09. The van der Waals surface area contributed by atoms with Gasteiger partial charge in [0.1, 0.15) is 5.69 Å². The minimum Gasteiger partial charge on any atom is -0.232 e. The van der Waals surface area contributed by atoms with Gasteiger partial charge < -0.3 is 0 Å². The summed E-state index contributed by atoms with van der Waals surface area (Å²) in [6, 6.07) is 21.1. The Labute approximate surface area is 127 Å². The molecule has 4 rings (SSSR count). The smallest absolute Gasteiger partial charge is 0.111 e. The van der Waals surface area contributed by atoms with Crippen molar-refractivity contribution >= 4 is 22.2 Å². The molecule has 4 aromatic rings. The first-order chi connectivity index (χ1) is 10.3. The van der Waals surface area contributed by atoms with Crippen LogP contribution in [-0.2, 0) is 0 Å². The maximum absolute atomic E-state index is 4.86. The molecule has 0 aliphatic heterocycles. The highest BCUT2D eigenvalue weighted by molar-refractivity contribution is 7.13. The summed E-state index contributed by atoms with van der Waals surface area (Å²) in [6.45, 7) is 2.10. The average molecular weight is 290 g/mol. The van der Waals surface area contributed by atoms with Crippen molar-refractivity contribution < 1.29 is 0 Å². The summed E-state index contributed by atoms with van der Waals surface area (Å²) in [6.07, 6.45) is 0. The summed E-state index contributed by atoms with van der Waals surface area (Å²) in [5, 5.41) is 8.15. The SMILES string of the molecule is Cc1ccc(-n2nc(-c3cccs3)c3ccccc32)cc1. The standard InChI is InChI=1S/C18H14N2S/c1-13-8-10-14(11-9-13)20-16-6-3-2-5-15(16)18(19-20)17-7-4-12-21-17/h2-12H,1H3. The Balaban J connectivity index is 2.00. The maximum Gasteiger partial charge on any atom is 0.111 e. The van der Waals surface area contributed by atoms with E-state index in [9.17, 15) is 0 Å². The highest BCUT2D eigenvalue weighted by Gasteiger charge is 2.13. The lowest BCUT2D eigenvalue weighted by Gasteiger charge is -2.03. The molecule has 102 valence electrons. The van der Waals surface area contributed by atoms with E-state index in [4.69, 9.17) is 5.10 Å². The van der Waals surface area contributed by atoms with E-state index >= 15 is 0 Å². The van der Waals surface area contributed by atoms with Gasteiger partial charge in [-0.1, -0.05) is 42.0 Å². The Bertz CT molecular complexity index is 887. The third-order valence-corrected chi connectivity index (χ3v) is 4.50. The number of benzene rings is 2. The lowest BCUT2D eigenvalue weighted by atomic mass is 10.2. The number of rotatable bonds is 2. The molecule has 2 nitrogen and oxygen atoms in total. The first-order valence-electron chi connectivity index (χ1n) is 6.91. The number of hydrogen-bond acceptors (Lipinski definition) is 2. The summed E-state index contributed by atoms with van der Waals surface area (Å²) in [4.78, 5) is 1.21. The molecule has 0 saturated carbocycles. The van der Waals surface area contributed by atoms with Crippen molar-refractivity contribution in [3.63, 3.8) is 0 Å². The first-order valence-corrected chi connectivity index (χ1v) is 7.79. The zero-order valence-electron chi connectivity index (χ0n) is 11.7. The highest BCUT2D eigenvalue weighted by Crippen LogP contribution is 2.32. The number of thiophene rings is 1. The van der Waals surface area contributed by atoms with Crippen LogP contribution in [0.5, 0.6) is 0 Å². The van der Waals surface area contributed by atoms with E-state index in [1.807, 2.05) is 4.68 Å². The van der Waals surface area contributed by atoms with Gasteiger partial charge in [-0.05, 0) is 36.6 Å². The summed E-state index contributed by atoms with van der Waals surface area (Å²) in [5.41, 5.74) is 4.55. The van der Waals surface area contributed by atoms with E-state index in [1.165, 1.54) is 15.8 Å². The molecule has 0 aliphatic carbocycles. The van der Waals surface area contributed by atoms with Gasteiger partial charge in [-0.15, -0.1) is 11.3 Å². The lowest BCUT2D eigenvalue weighted by Crippen LogP contribution is -1.96. The minimum atomic E-state index is 1.06. The topological polar surface area (TPSA) is 17.8 Å². The Morgan fingerprint density at radius 1 is 0.905 bits per heavy atom. The zero-order valence-corrected chi connectivity index (χ0v) is 12.5. The van der Waals surface area contributed by atoms with Gasteiger partial charge >= 0.3 is 0 Å². The Hall–Kier alpha value is -2.39. The molecule has 0 bridgehead atoms. The molecule has 2 heterocycles. The molecular weight excluding hydrogens is 276 g/mol. The van der Waals surface area contributed by atoms with Gasteiger partial charge in [0.05, 0.1) is 16.1 Å². The van der Waals surface area contributed by atoms with E-state index in [2.05, 4.69) is 73.0 Å². The van der Waals surface area contributed by atoms with Crippen LogP contribution in [0.4, 0.5) is 0 Å². The van der Waals surface area contributed by atoms with Crippen LogP contribution in [0.25, 0.3) is 27.2 Å². The monoisotopic (exact) mass is 290 g/mol. The van der Waals surface area contributed by atoms with Crippen LogP contribution < -0.4 is 0 Å². The van der Waals surface area contributed by atoms with Crippen molar-refractivity contribution in [2.75, 3.05) is 0 Å². The number of nitrogens with zero attached hydrogens (tertiary/aromatic N) is 2. The summed E-state index contributed by atoms with van der Waals surface area (Å²) in [5.74, 6) is 0. The van der Waals surface area contributed by atoms with Gasteiger partial charge in [-0.25, -0.2) is 4.68 Å². The quantitative estimate of drug-likeness (QED) is 0.504. The Kier molecular flexibility index (Phi) is 2.86. The molecule has 0 aliphatic rings. The summed E-state index contributed by atoms with van der Waals surface area (Å²) in [7, 11) is 0. The molecule has 0 atom stereocenters. The highest BCUT2D eigenvalue weighted by atomic mass is 32.1. The van der Waals surface area contributed by atoms with Crippen LogP contribution in [0.1, 0.15) is 5.56 Å². The molecule has 0 fully saturated rings. The predicted octanol–water partition coefficient (Wildman–Crippen LogP) is 5.06. The molecular formula is C18H14N2S. The van der Waals surface area contributed by atoms with Crippen LogP contribution in [0, 0.1) is 6.92 Å². The van der Waals surface area contributed by atoms with Gasteiger partial charge in [-0.2, -0.15) is 5.10 Å². The van der Waals surface area contributed by atoms with E-state index in [0.717, 1.165) is 16.9 Å². The lowest BCUT2D eigenvalue weighted by molar-refractivity contribution is 0.915. The molecule has 0 amide bonds. The molecule has 21 heavy (non-hydrogen) atoms. The Morgan fingerprint density at radius 3 is 2.48 bits per heavy atom. The molecule has 0 saturated heterocycles. The summed E-state index contributed by atoms with van der Waals surface area (Å²) < 4.78 is 2.03. The molecule has 3 heteroatoms. The maximum atomic E-state index is 4.86. The van der Waals surface area contributed by atoms with Crippen LogP contribution in [0.3, 0.4) is 0 Å². The van der Waals surface area contributed by atoms with E-state index in [1.54, 1.807) is 11.3 Å². The number of hydrogen-bond donors (Lipinski definition) is 0. The van der Waals surface area contributed by atoms with Crippen LogP contribution in [-0.4, -0.2) is 9.78 Å². The first kappa shape index (κ1) is 12.4. The number of aryl methyl sites for hydroxylation is 1. The van der Waals surface area contributed by atoms with Crippen molar-refractivity contribution in [3.8, 4) is 16.3 Å². The van der Waals surface area contributed by atoms with Gasteiger partial charge in [0, 0.05) is 5.39 Å². The molecule has 2 aromatic carbocycles. The van der Waals surface area contributed by atoms with E-state index in [0.29, 0.717) is 0 Å². The van der Waals surface area contributed by atoms with Crippen molar-refractivity contribution in [2.24, 2.45) is 0 Å². The van der Waals surface area contributed by atoms with Crippen LogP contribution in [0.2, 0.25) is 0 Å². The third kappa shape index (κ3) is 2.06. The molecule has 0 N–H and O–H groups in total. The van der Waals surface area contributed by atoms with Crippen molar-refractivity contribution in [1.82, 2.24) is 9.78 Å². The fraction of sp³-hybridized carbons (Fsp3) is 0.0556. The van der Waals surface area contributed by atoms with Gasteiger partial charge in [0.15, 0.2) is 0 Å². The van der Waals surface area contributed by atoms with Crippen molar-refractivity contribution in [2.45, 2.75) is 6.92 Å². The second kappa shape index (κ2) is 4.86. The van der Waals surface area contributed by atoms with Gasteiger partial charge in [0.2, 0.25) is 0 Å². The predicted molar refractivity (Wildman–Crippen MR) is 89.1 cm³/mol. The molecule has 0 spiro atoms. The summed E-state index contributed by atoms with van der Waals surface area (Å²) >= 11 is 1.73. The van der Waals surface area contributed by atoms with E-state index < -0.39 is 0 Å². The molecule has 0 unspecified atom stereocenters. The average Bonchev–Trinajstić information content (AvgIpc) is 3.15. The number of fused-ring (bicyclic) bond motifs is 1. The normalized spacial score (nSPS) is 11.1. The second-order valence-corrected chi connectivity index (χ2v) is 6.04. The van der Waals surface area contributed by atoms with Crippen molar-refractivity contribution in [3.05, 3.63) is 71.6 Å². The largest absolute Gasteiger partial charge is 0.232 e. The fourth-order valence-corrected chi connectivity index (χ4v) is 3.27. The van der Waals surface area contributed by atoms with Gasteiger partial charge in [-0.3, -0.25) is 0 Å². The third-order valence-electron chi connectivity index (χ3n) is 3.62. The fourth-order valence-electron chi connectivity index (χ4n) is 2.54.